The van der Waals surface area contributed by atoms with Crippen molar-refractivity contribution < 1.29 is 5.11 Å². The minimum atomic E-state index is 0.394. The zero-order valence-corrected chi connectivity index (χ0v) is 9.35. The molecule has 2 rings (SSSR count). The van der Waals surface area contributed by atoms with Gasteiger partial charge >= 0.3 is 0 Å². The molecule has 76 valence electrons. The van der Waals surface area contributed by atoms with E-state index >= 15 is 0 Å². The molecule has 1 aromatic rings. The molecule has 1 aromatic carbocycles. The fourth-order valence-corrected chi connectivity index (χ4v) is 2.67. The van der Waals surface area contributed by atoms with E-state index in [9.17, 15) is 5.11 Å². The highest BCUT2D eigenvalue weighted by Crippen LogP contribution is 2.41. The van der Waals surface area contributed by atoms with Crippen LogP contribution in [0.5, 0.6) is 5.75 Å². The minimum Gasteiger partial charge on any atom is -0.506 e. The van der Waals surface area contributed by atoms with Crippen LogP contribution in [0.2, 0.25) is 0 Å². The van der Waals surface area contributed by atoms with Crippen molar-refractivity contribution in [3.05, 3.63) is 23.3 Å². The van der Waals surface area contributed by atoms with E-state index < -0.39 is 0 Å². The van der Waals surface area contributed by atoms with Gasteiger partial charge in [-0.3, -0.25) is 0 Å². The van der Waals surface area contributed by atoms with Crippen molar-refractivity contribution in [1.29, 1.82) is 0 Å². The standard InChI is InChI=1S/C12H16OS/c1-8-6-10(9-4-2-3-5-9)12(13)11(14)7-8/h6-7,9,13-14H,2-5H2,1H3. The van der Waals surface area contributed by atoms with Gasteiger partial charge in [0.05, 0.1) is 0 Å². The van der Waals surface area contributed by atoms with Crippen molar-refractivity contribution in [3.63, 3.8) is 0 Å². The summed E-state index contributed by atoms with van der Waals surface area (Å²) in [4.78, 5) is 0.715. The van der Waals surface area contributed by atoms with Gasteiger partial charge in [-0.25, -0.2) is 0 Å². The second kappa shape index (κ2) is 3.85. The van der Waals surface area contributed by atoms with Gasteiger partial charge in [0.25, 0.3) is 0 Å². The number of hydrogen-bond donors (Lipinski definition) is 2. The van der Waals surface area contributed by atoms with Gasteiger partial charge in [0.15, 0.2) is 0 Å². The van der Waals surface area contributed by atoms with Crippen LogP contribution in [-0.4, -0.2) is 5.11 Å². The number of thiol groups is 1. The maximum absolute atomic E-state index is 9.91. The Labute approximate surface area is 90.6 Å². The number of benzene rings is 1. The zero-order valence-electron chi connectivity index (χ0n) is 8.45. The molecule has 1 aliphatic carbocycles. The average molecular weight is 208 g/mol. The molecule has 1 saturated carbocycles. The summed E-state index contributed by atoms with van der Waals surface area (Å²) in [5, 5.41) is 9.91. The van der Waals surface area contributed by atoms with Crippen molar-refractivity contribution in [3.8, 4) is 5.75 Å². The summed E-state index contributed by atoms with van der Waals surface area (Å²) in [7, 11) is 0. The van der Waals surface area contributed by atoms with Crippen LogP contribution in [0, 0.1) is 6.92 Å². The van der Waals surface area contributed by atoms with E-state index in [0.29, 0.717) is 16.6 Å². The van der Waals surface area contributed by atoms with Gasteiger partial charge in [-0.15, -0.1) is 12.6 Å². The van der Waals surface area contributed by atoms with E-state index in [1.807, 2.05) is 6.07 Å². The number of phenolic OH excluding ortho intramolecular Hbond substituents is 1. The third-order valence-corrected chi connectivity index (χ3v) is 3.40. The molecule has 14 heavy (non-hydrogen) atoms. The summed E-state index contributed by atoms with van der Waals surface area (Å²) in [5.74, 6) is 0.951. The summed E-state index contributed by atoms with van der Waals surface area (Å²) in [5.41, 5.74) is 2.29. The Morgan fingerprint density at radius 2 is 1.93 bits per heavy atom. The lowest BCUT2D eigenvalue weighted by atomic mass is 9.95. The second-order valence-corrected chi connectivity index (χ2v) is 4.69. The second-order valence-electron chi connectivity index (χ2n) is 4.20. The predicted octanol–water partition coefficient (Wildman–Crippen LogP) is 3.65. The van der Waals surface area contributed by atoms with Gasteiger partial charge < -0.3 is 5.11 Å². The molecule has 0 radical (unpaired) electrons. The Morgan fingerprint density at radius 3 is 2.57 bits per heavy atom. The van der Waals surface area contributed by atoms with Crippen LogP contribution in [0.3, 0.4) is 0 Å². The molecule has 1 aliphatic rings. The SMILES string of the molecule is Cc1cc(S)c(O)c(C2CCCC2)c1. The topological polar surface area (TPSA) is 20.2 Å². The number of aromatic hydroxyl groups is 1. The van der Waals surface area contributed by atoms with Gasteiger partial charge in [0.1, 0.15) is 5.75 Å². The molecule has 1 nitrogen and oxygen atoms in total. The summed E-state index contributed by atoms with van der Waals surface area (Å²) >= 11 is 4.28. The number of aryl methyl sites for hydroxylation is 1. The van der Waals surface area contributed by atoms with E-state index in [1.165, 1.54) is 31.2 Å². The zero-order chi connectivity index (χ0) is 10.1. The molecule has 0 aromatic heterocycles. The molecule has 0 saturated heterocycles. The molecule has 2 heteroatoms. The van der Waals surface area contributed by atoms with E-state index in [4.69, 9.17) is 0 Å². The quantitative estimate of drug-likeness (QED) is 0.675. The number of hydrogen-bond acceptors (Lipinski definition) is 2. The Kier molecular flexibility index (Phi) is 2.73. The Bertz CT molecular complexity index is 340. The Balaban J connectivity index is 2.40. The van der Waals surface area contributed by atoms with Crippen molar-refractivity contribution in [2.75, 3.05) is 0 Å². The molecule has 0 amide bonds. The van der Waals surface area contributed by atoms with Gasteiger partial charge in [-0.1, -0.05) is 18.9 Å². The number of phenols is 1. The van der Waals surface area contributed by atoms with E-state index in [1.54, 1.807) is 0 Å². The molecular formula is C12H16OS. The molecule has 1 fully saturated rings. The molecule has 0 unspecified atom stereocenters. The van der Waals surface area contributed by atoms with Crippen molar-refractivity contribution in [2.24, 2.45) is 0 Å². The summed E-state index contributed by atoms with van der Waals surface area (Å²) < 4.78 is 0. The predicted molar refractivity (Wildman–Crippen MR) is 61.3 cm³/mol. The third-order valence-electron chi connectivity index (χ3n) is 3.06. The van der Waals surface area contributed by atoms with Crippen LogP contribution >= 0.6 is 12.6 Å². The lowest BCUT2D eigenvalue weighted by Crippen LogP contribution is -1.94. The fraction of sp³-hybridized carbons (Fsp3) is 0.500. The highest BCUT2D eigenvalue weighted by atomic mass is 32.1. The lowest BCUT2D eigenvalue weighted by Gasteiger charge is -2.14. The van der Waals surface area contributed by atoms with E-state index in [0.717, 1.165) is 5.56 Å². The highest BCUT2D eigenvalue weighted by molar-refractivity contribution is 7.80. The van der Waals surface area contributed by atoms with E-state index in [-0.39, 0.29) is 0 Å². The molecule has 0 atom stereocenters. The monoisotopic (exact) mass is 208 g/mol. The molecule has 0 aliphatic heterocycles. The number of rotatable bonds is 1. The van der Waals surface area contributed by atoms with Gasteiger partial charge in [-0.2, -0.15) is 0 Å². The first kappa shape index (κ1) is 9.91. The van der Waals surface area contributed by atoms with Crippen LogP contribution < -0.4 is 0 Å². The molecule has 0 spiro atoms. The summed E-state index contributed by atoms with van der Waals surface area (Å²) in [6.07, 6.45) is 5.01. The lowest BCUT2D eigenvalue weighted by molar-refractivity contribution is 0.448. The Morgan fingerprint density at radius 1 is 1.29 bits per heavy atom. The molecule has 1 N–H and O–H groups in total. The van der Waals surface area contributed by atoms with E-state index in [2.05, 4.69) is 25.6 Å². The van der Waals surface area contributed by atoms with Gasteiger partial charge in [0.2, 0.25) is 0 Å². The van der Waals surface area contributed by atoms with Crippen molar-refractivity contribution >= 4 is 12.6 Å². The smallest absolute Gasteiger partial charge is 0.132 e. The van der Waals surface area contributed by atoms with Gasteiger partial charge in [-0.05, 0) is 42.9 Å². The first-order valence-corrected chi connectivity index (χ1v) is 5.65. The van der Waals surface area contributed by atoms with Crippen molar-refractivity contribution in [1.82, 2.24) is 0 Å². The molecule has 0 heterocycles. The maximum Gasteiger partial charge on any atom is 0.132 e. The third kappa shape index (κ3) is 1.76. The van der Waals surface area contributed by atoms with Crippen LogP contribution in [0.15, 0.2) is 17.0 Å². The highest BCUT2D eigenvalue weighted by Gasteiger charge is 2.21. The minimum absolute atomic E-state index is 0.394. The first-order valence-electron chi connectivity index (χ1n) is 5.21. The van der Waals surface area contributed by atoms with Crippen LogP contribution in [0.1, 0.15) is 42.7 Å². The molecular weight excluding hydrogens is 192 g/mol. The molecule has 0 bridgehead atoms. The normalized spacial score (nSPS) is 17.6. The van der Waals surface area contributed by atoms with Crippen LogP contribution in [0.4, 0.5) is 0 Å². The summed E-state index contributed by atoms with van der Waals surface area (Å²) in [6.45, 7) is 2.05. The first-order chi connectivity index (χ1) is 6.68. The van der Waals surface area contributed by atoms with Crippen molar-refractivity contribution in [2.45, 2.75) is 43.4 Å². The maximum atomic E-state index is 9.91. The van der Waals surface area contributed by atoms with Crippen LogP contribution in [0.25, 0.3) is 0 Å². The van der Waals surface area contributed by atoms with Crippen LogP contribution in [-0.2, 0) is 0 Å². The fourth-order valence-electron chi connectivity index (χ4n) is 2.34. The van der Waals surface area contributed by atoms with Gasteiger partial charge in [0, 0.05) is 4.90 Å². The largest absolute Gasteiger partial charge is 0.506 e. The average Bonchev–Trinajstić information content (AvgIpc) is 2.63. The Hall–Kier alpha value is -0.630. The summed E-state index contributed by atoms with van der Waals surface area (Å²) in [6, 6.07) is 4.02.